The summed E-state index contributed by atoms with van der Waals surface area (Å²) in [5.74, 6) is -0.462. The van der Waals surface area contributed by atoms with E-state index in [2.05, 4.69) is 62.5 Å². The minimum Gasteiger partial charge on any atom is -0.493 e. The summed E-state index contributed by atoms with van der Waals surface area (Å²) >= 11 is 0. The van der Waals surface area contributed by atoms with Gasteiger partial charge >= 0.3 is 0 Å². The molecule has 28 heteroatoms. The van der Waals surface area contributed by atoms with Gasteiger partial charge in [-0.25, -0.2) is 37.5 Å². The predicted molar refractivity (Wildman–Crippen MR) is 484 cm³/mol. The molecular weight excluding hydrogens is 1630 g/mol. The number of benzene rings is 5. The highest BCUT2D eigenvalue weighted by atomic mass is 19.1. The molecule has 0 spiro atoms. The topological polar surface area (TPSA) is 251 Å². The number of aromatic nitrogens is 12. The summed E-state index contributed by atoms with van der Waals surface area (Å²) in [6, 6.07) is 55.7. The number of hydrogen-bond acceptors (Lipinski definition) is 16. The molecule has 128 heavy (non-hydrogen) atoms. The number of amides is 4. The first-order valence-electron chi connectivity index (χ1n) is 41.6. The fourth-order valence-corrected chi connectivity index (χ4v) is 15.4. The van der Waals surface area contributed by atoms with Gasteiger partial charge in [0.25, 0.3) is 23.6 Å². The largest absolute Gasteiger partial charge is 0.493 e. The Bertz CT molecular complexity index is 7030. The van der Waals surface area contributed by atoms with Crippen LogP contribution in [0.25, 0.3) is 112 Å². The van der Waals surface area contributed by atoms with Crippen molar-refractivity contribution in [2.24, 2.45) is 0 Å². The summed E-state index contributed by atoms with van der Waals surface area (Å²) in [6.45, 7) is 14.9. The fourth-order valence-electron chi connectivity index (χ4n) is 15.4. The van der Waals surface area contributed by atoms with E-state index in [0.29, 0.717) is 131 Å². The number of nitrogens with one attached hydrogen (secondary N) is 2. The van der Waals surface area contributed by atoms with E-state index in [1.165, 1.54) is 37.6 Å². The van der Waals surface area contributed by atoms with Gasteiger partial charge in [0.05, 0.1) is 75.0 Å². The first kappa shape index (κ1) is 86.1. The average molecular weight is 1720 g/mol. The number of nitrogens with zero attached hydrogens (tertiary/aromatic N) is 15. The number of pyridine rings is 8. The van der Waals surface area contributed by atoms with Crippen molar-refractivity contribution in [1.29, 1.82) is 0 Å². The minimum atomic E-state index is -0.326. The van der Waals surface area contributed by atoms with Gasteiger partial charge in [0.2, 0.25) is 0 Å². The molecule has 4 amide bonds. The van der Waals surface area contributed by atoms with Gasteiger partial charge in [-0.1, -0.05) is 31.2 Å². The number of aryl methyl sites for hydroxylation is 4. The summed E-state index contributed by atoms with van der Waals surface area (Å²) in [5.41, 5.74) is 20.9. The van der Waals surface area contributed by atoms with Gasteiger partial charge in [0, 0.05) is 174 Å². The highest BCUT2D eigenvalue weighted by Gasteiger charge is 2.27. The minimum absolute atomic E-state index is 0.0108. The van der Waals surface area contributed by atoms with Crippen LogP contribution in [0, 0.1) is 51.0 Å². The van der Waals surface area contributed by atoms with E-state index in [-0.39, 0.29) is 46.9 Å². The Morgan fingerprint density at radius 3 is 1.05 bits per heavy atom. The summed E-state index contributed by atoms with van der Waals surface area (Å²) in [5, 5.41) is 5.77. The highest BCUT2D eigenvalue weighted by molar-refractivity contribution is 6.04. The Kier molecular flexibility index (Phi) is 25.8. The number of rotatable bonds is 17. The highest BCUT2D eigenvalue weighted by Crippen LogP contribution is 2.38. The van der Waals surface area contributed by atoms with Crippen LogP contribution in [0.2, 0.25) is 0 Å². The molecule has 24 nitrogen and oxygen atoms in total. The van der Waals surface area contributed by atoms with Crippen molar-refractivity contribution in [2.75, 3.05) is 85.6 Å². The van der Waals surface area contributed by atoms with Gasteiger partial charge in [0.15, 0.2) is 11.5 Å². The molecule has 14 heterocycles. The fraction of sp³-hybridized carbons (Fsp3) is 0.180. The number of carbonyl (C=O) groups excluding carboxylic acids is 4. The predicted octanol–water partition coefficient (Wildman–Crippen LogP) is 18.3. The van der Waals surface area contributed by atoms with Gasteiger partial charge in [-0.15, -0.1) is 0 Å². The molecule has 2 N–H and O–H groups in total. The molecule has 0 bridgehead atoms. The number of halogens is 4. The lowest BCUT2D eigenvalue weighted by molar-refractivity contribution is 0.0298. The number of ether oxygens (including phenoxy) is 3. The molecule has 2 aliphatic rings. The molecule has 0 unspecified atom stereocenters. The number of piperazine rings is 1. The first-order valence-corrected chi connectivity index (χ1v) is 41.6. The molecule has 0 saturated carbocycles. The number of hydrogen-bond donors (Lipinski definition) is 2. The van der Waals surface area contributed by atoms with Crippen LogP contribution in [0.15, 0.2) is 262 Å². The molecule has 12 aromatic heterocycles. The second-order valence-electron chi connectivity index (χ2n) is 30.9. The Balaban J connectivity index is 0.000000126. The van der Waals surface area contributed by atoms with E-state index in [1.807, 2.05) is 142 Å². The summed E-state index contributed by atoms with van der Waals surface area (Å²) in [6.07, 6.45) is 21.7. The van der Waals surface area contributed by atoms with E-state index in [0.717, 1.165) is 109 Å². The second kappa shape index (κ2) is 38.4. The lowest BCUT2D eigenvalue weighted by Gasteiger charge is -2.32. The zero-order valence-corrected chi connectivity index (χ0v) is 71.5. The number of morpholine rings is 1. The quantitative estimate of drug-likeness (QED) is 0.0804. The van der Waals surface area contributed by atoms with Gasteiger partial charge in [-0.2, -0.15) is 0 Å². The Hall–Kier alpha value is -15.4. The van der Waals surface area contributed by atoms with Gasteiger partial charge in [-0.3, -0.25) is 56.7 Å². The summed E-state index contributed by atoms with van der Waals surface area (Å²) < 4.78 is 78.3. The van der Waals surface area contributed by atoms with E-state index in [4.69, 9.17) is 14.2 Å². The number of likely N-dealkylation sites (N-methyl/N-ethyl adjacent to an activating group) is 1. The van der Waals surface area contributed by atoms with E-state index < -0.39 is 0 Å². The second-order valence-corrected chi connectivity index (χ2v) is 30.9. The maximum absolute atomic E-state index is 13.9. The Morgan fingerprint density at radius 1 is 0.375 bits per heavy atom. The standard InChI is InChI=1S/C28H23FN4O3.C25H24FN5O.C24H21FN4O2.C23H21FN4O/c1-17-13-18(6-9-22(17)29)27-21(5-4-12-30-27)19-7-11-26-31-15-23(33(26)16-19)28(34)32-20-8-10-24(35-2)25(14-20)36-3;1-17-14-18(5-7-21(17)26)24-20(4-3-9-27-24)19-6-8-23-28-15-22(31(23)16-19)25(32)30-12-10-29(2)11-13-30;1-16-13-17(4-6-20(16)25)23-19(3-2-8-26-23)18-5-7-22-27-14-21(29(22)15-18)24(30)28-9-11-31-12-10-28;1-3-10-26-23(29)20-13-27-21-9-7-17(14-28(20)21)18-5-4-11-25-22(18)16-6-8-19(24)15(2)12-16/h4-16H,1-3H3,(H,32,34);3-9,14-16H,10-13H2,1-2H3;2-8,13-15H,9-12H2,1H3;4-9,11-14H,3,10H2,1-2H3,(H,26,29). The summed E-state index contributed by atoms with van der Waals surface area (Å²) in [7, 11) is 5.16. The number of fused-ring (bicyclic) bond motifs is 4. The van der Waals surface area contributed by atoms with Crippen molar-refractivity contribution >= 4 is 51.9 Å². The van der Waals surface area contributed by atoms with Crippen LogP contribution in [-0.2, 0) is 4.74 Å². The third-order valence-electron chi connectivity index (χ3n) is 22.4. The molecule has 0 atom stereocenters. The van der Waals surface area contributed by atoms with Crippen molar-refractivity contribution < 1.29 is 51.0 Å². The lowest BCUT2D eigenvalue weighted by atomic mass is 9.99. The number of imidazole rings is 4. The molecule has 0 radical (unpaired) electrons. The maximum atomic E-state index is 13.9. The Labute approximate surface area is 734 Å². The third kappa shape index (κ3) is 18.5. The van der Waals surface area contributed by atoms with Crippen LogP contribution in [0.3, 0.4) is 0 Å². The number of carbonyl (C=O) groups is 4. The third-order valence-corrected chi connectivity index (χ3v) is 22.4. The maximum Gasteiger partial charge on any atom is 0.274 e. The SMILES string of the molecule is CCCNC(=O)c1cnc2ccc(-c3cccnc3-c3ccc(F)c(C)c3)cn12.COc1ccc(NC(=O)c2cnc3ccc(-c4cccnc4-c4ccc(F)c(C)c4)cn23)cc1OC.Cc1cc(-c2ncccc2-c2ccc3ncc(C(=O)N4CCN(C)CC4)n3c2)ccc1F.Cc1cc(-c2ncccc2-c2ccc3ncc(C(=O)N4CCOCC4)n3c2)ccc1F. The van der Waals surface area contributed by atoms with Crippen LogP contribution in [-0.4, -0.2) is 176 Å². The first-order chi connectivity index (χ1) is 62.2. The van der Waals surface area contributed by atoms with Crippen molar-refractivity contribution in [1.82, 2.24) is 77.5 Å². The molecule has 2 fully saturated rings. The van der Waals surface area contributed by atoms with E-state index in [9.17, 15) is 36.7 Å². The van der Waals surface area contributed by atoms with E-state index in [1.54, 1.807) is 159 Å². The van der Waals surface area contributed by atoms with E-state index >= 15 is 0 Å². The van der Waals surface area contributed by atoms with Crippen LogP contribution < -0.4 is 20.1 Å². The van der Waals surface area contributed by atoms with Crippen LogP contribution in [0.5, 0.6) is 11.5 Å². The molecule has 0 aliphatic carbocycles. The van der Waals surface area contributed by atoms with Gasteiger partial charge in [0.1, 0.15) is 68.6 Å². The summed E-state index contributed by atoms with van der Waals surface area (Å²) in [4.78, 5) is 93.5. The molecule has 5 aromatic carbocycles. The van der Waals surface area contributed by atoms with Gasteiger partial charge < -0.3 is 39.5 Å². The number of methoxy groups -OCH3 is 2. The number of anilines is 1. The molecular formula is C100H89F4N17O7. The van der Waals surface area contributed by atoms with Crippen LogP contribution in [0.4, 0.5) is 23.2 Å². The molecule has 2 aliphatic heterocycles. The molecule has 17 aromatic rings. The van der Waals surface area contributed by atoms with Crippen molar-refractivity contribution in [3.63, 3.8) is 0 Å². The van der Waals surface area contributed by atoms with Crippen molar-refractivity contribution in [3.8, 4) is 101 Å². The van der Waals surface area contributed by atoms with Gasteiger partial charge in [-0.05, 0) is 221 Å². The smallest absolute Gasteiger partial charge is 0.274 e. The van der Waals surface area contributed by atoms with Crippen molar-refractivity contribution in [2.45, 2.75) is 41.0 Å². The lowest BCUT2D eigenvalue weighted by Crippen LogP contribution is -2.47. The normalized spacial score (nSPS) is 12.7. The van der Waals surface area contributed by atoms with Crippen LogP contribution >= 0.6 is 0 Å². The zero-order chi connectivity index (χ0) is 89.2. The molecule has 2 saturated heterocycles. The monoisotopic (exact) mass is 1720 g/mol. The van der Waals surface area contributed by atoms with Crippen molar-refractivity contribution in [3.05, 3.63) is 331 Å². The Morgan fingerprint density at radius 2 is 0.703 bits per heavy atom. The molecule has 644 valence electrons. The molecule has 19 rings (SSSR count). The average Bonchev–Trinajstić information content (AvgIpc) is 1.68. The van der Waals surface area contributed by atoms with Crippen LogP contribution in [0.1, 0.15) is 77.6 Å². The zero-order valence-electron chi connectivity index (χ0n) is 71.5.